The fourth-order valence-electron chi connectivity index (χ4n) is 1.58. The van der Waals surface area contributed by atoms with E-state index in [0.717, 1.165) is 0 Å². The molecule has 0 saturated heterocycles. The molecular formula is C13H10Cl2F3N3O2S. The van der Waals surface area contributed by atoms with Gasteiger partial charge in [-0.25, -0.2) is 0 Å². The molecule has 2 aromatic rings. The van der Waals surface area contributed by atoms with Crippen LogP contribution in [0.1, 0.15) is 17.8 Å². The van der Waals surface area contributed by atoms with E-state index in [2.05, 4.69) is 15.5 Å². The van der Waals surface area contributed by atoms with E-state index < -0.39 is 17.1 Å². The highest BCUT2D eigenvalue weighted by atomic mass is 35.5. The summed E-state index contributed by atoms with van der Waals surface area (Å²) in [4.78, 5) is 11.6. The van der Waals surface area contributed by atoms with Gasteiger partial charge in [-0.1, -0.05) is 34.5 Å². The molecule has 1 aromatic heterocycles. The van der Waals surface area contributed by atoms with Crippen LogP contribution in [-0.2, 0) is 11.0 Å². The third-order valence-electron chi connectivity index (χ3n) is 2.61. The Labute approximate surface area is 148 Å². The fourth-order valence-corrected chi connectivity index (χ4v) is 2.67. The second kappa shape index (κ2) is 8.00. The van der Waals surface area contributed by atoms with Crippen molar-refractivity contribution < 1.29 is 22.7 Å². The Morgan fingerprint density at radius 2 is 2.04 bits per heavy atom. The average molecular weight is 400 g/mol. The van der Waals surface area contributed by atoms with Crippen LogP contribution in [0.15, 0.2) is 18.2 Å². The minimum absolute atomic E-state index is 0.0478. The molecule has 0 fully saturated rings. The Hall–Kier alpha value is -1.58. The zero-order valence-corrected chi connectivity index (χ0v) is 14.2. The molecule has 1 heterocycles. The molecule has 0 aliphatic rings. The summed E-state index contributed by atoms with van der Waals surface area (Å²) >= 11 is 11.9. The number of nitrogens with one attached hydrogen (secondary N) is 1. The largest absolute Gasteiger partial charge is 0.492 e. The molecule has 130 valence electrons. The maximum atomic E-state index is 12.4. The smallest absolute Gasteiger partial charge is 0.445 e. The van der Waals surface area contributed by atoms with Crippen molar-refractivity contribution in [2.24, 2.45) is 0 Å². The van der Waals surface area contributed by atoms with Crippen LogP contribution >= 0.6 is 34.5 Å². The van der Waals surface area contributed by atoms with E-state index in [1.165, 1.54) is 6.07 Å². The lowest BCUT2D eigenvalue weighted by molar-refractivity contribution is -0.138. The maximum Gasteiger partial charge on any atom is 0.445 e. The lowest BCUT2D eigenvalue weighted by atomic mass is 10.3. The number of anilines is 1. The molecule has 2 rings (SSSR count). The second-order valence-electron chi connectivity index (χ2n) is 4.49. The molecule has 11 heteroatoms. The van der Waals surface area contributed by atoms with E-state index >= 15 is 0 Å². The third-order valence-corrected chi connectivity index (χ3v) is 4.03. The summed E-state index contributed by atoms with van der Waals surface area (Å²) in [5.41, 5.74) is 0. The van der Waals surface area contributed by atoms with Crippen molar-refractivity contribution in [1.82, 2.24) is 10.2 Å². The maximum absolute atomic E-state index is 12.4. The molecule has 24 heavy (non-hydrogen) atoms. The summed E-state index contributed by atoms with van der Waals surface area (Å²) in [5, 5.41) is 8.01. The monoisotopic (exact) mass is 399 g/mol. The van der Waals surface area contributed by atoms with E-state index in [1.807, 2.05) is 0 Å². The van der Waals surface area contributed by atoms with Crippen molar-refractivity contribution in [2.45, 2.75) is 19.0 Å². The van der Waals surface area contributed by atoms with E-state index in [-0.39, 0.29) is 29.5 Å². The van der Waals surface area contributed by atoms with Gasteiger partial charge < -0.3 is 10.1 Å². The second-order valence-corrected chi connectivity index (χ2v) is 6.31. The van der Waals surface area contributed by atoms with Gasteiger partial charge in [0.2, 0.25) is 16.0 Å². The highest BCUT2D eigenvalue weighted by Crippen LogP contribution is 2.33. The molecular weight excluding hydrogens is 390 g/mol. The number of rotatable bonds is 6. The van der Waals surface area contributed by atoms with Crippen molar-refractivity contribution >= 4 is 45.6 Å². The SMILES string of the molecule is O=C(CCCOc1ccc(Cl)cc1Cl)Nc1nnc(C(F)(F)F)s1. The number of hydrogen-bond donors (Lipinski definition) is 1. The Balaban J connectivity index is 1.74. The lowest BCUT2D eigenvalue weighted by Crippen LogP contribution is -2.12. The van der Waals surface area contributed by atoms with Crippen molar-refractivity contribution in [1.29, 1.82) is 0 Å². The third kappa shape index (κ3) is 5.50. The zero-order chi connectivity index (χ0) is 17.7. The molecule has 0 aliphatic heterocycles. The molecule has 0 spiro atoms. The van der Waals surface area contributed by atoms with Gasteiger partial charge >= 0.3 is 6.18 Å². The summed E-state index contributed by atoms with van der Waals surface area (Å²) < 4.78 is 42.5. The minimum Gasteiger partial charge on any atom is -0.492 e. The minimum atomic E-state index is -4.58. The van der Waals surface area contributed by atoms with Gasteiger partial charge in [-0.2, -0.15) is 13.2 Å². The molecule has 1 amide bonds. The number of benzene rings is 1. The topological polar surface area (TPSA) is 64.1 Å². The first kappa shape index (κ1) is 18.8. The number of halogens is 5. The number of ether oxygens (including phenoxy) is 1. The van der Waals surface area contributed by atoms with Crippen LogP contribution in [0.2, 0.25) is 10.0 Å². The van der Waals surface area contributed by atoms with E-state index in [0.29, 0.717) is 22.2 Å². The van der Waals surface area contributed by atoms with Gasteiger partial charge in [0.05, 0.1) is 11.6 Å². The van der Waals surface area contributed by atoms with Gasteiger partial charge in [0.25, 0.3) is 0 Å². The van der Waals surface area contributed by atoms with Gasteiger partial charge in [0.15, 0.2) is 0 Å². The number of amides is 1. The highest BCUT2D eigenvalue weighted by molar-refractivity contribution is 7.15. The Kier molecular flexibility index (Phi) is 6.25. The van der Waals surface area contributed by atoms with Crippen LogP contribution in [0.4, 0.5) is 18.3 Å². The fraction of sp³-hybridized carbons (Fsp3) is 0.308. The van der Waals surface area contributed by atoms with Crippen molar-refractivity contribution in [3.8, 4) is 5.75 Å². The number of aromatic nitrogens is 2. The molecule has 0 saturated carbocycles. The van der Waals surface area contributed by atoms with Crippen molar-refractivity contribution in [3.63, 3.8) is 0 Å². The first-order chi connectivity index (χ1) is 11.3. The molecule has 1 aromatic carbocycles. The lowest BCUT2D eigenvalue weighted by Gasteiger charge is -2.07. The summed E-state index contributed by atoms with van der Waals surface area (Å²) in [6, 6.07) is 4.74. The van der Waals surface area contributed by atoms with Crippen LogP contribution < -0.4 is 10.1 Å². The van der Waals surface area contributed by atoms with Gasteiger partial charge in [-0.3, -0.25) is 4.79 Å². The van der Waals surface area contributed by atoms with Gasteiger partial charge in [-0.15, -0.1) is 10.2 Å². The number of hydrogen-bond acceptors (Lipinski definition) is 5. The van der Waals surface area contributed by atoms with E-state index in [9.17, 15) is 18.0 Å². The number of alkyl halides is 3. The standard InChI is InChI=1S/C13H10Cl2F3N3O2S/c14-7-3-4-9(8(15)6-7)23-5-1-2-10(22)19-12-21-20-11(24-12)13(16,17)18/h3-4,6H,1-2,5H2,(H,19,21,22). The summed E-state index contributed by atoms with van der Waals surface area (Å²) in [6.45, 7) is 0.207. The van der Waals surface area contributed by atoms with Crippen molar-refractivity contribution in [2.75, 3.05) is 11.9 Å². The molecule has 0 radical (unpaired) electrons. The van der Waals surface area contributed by atoms with Gasteiger partial charge in [0, 0.05) is 11.4 Å². The zero-order valence-electron chi connectivity index (χ0n) is 11.9. The summed E-state index contributed by atoms with van der Waals surface area (Å²) in [5.74, 6) is -0.0499. The number of carbonyl (C=O) groups excluding carboxylic acids is 1. The summed E-state index contributed by atoms with van der Waals surface area (Å²) in [6.07, 6.45) is -4.19. The van der Waals surface area contributed by atoms with E-state index in [4.69, 9.17) is 27.9 Å². The normalized spacial score (nSPS) is 11.4. The van der Waals surface area contributed by atoms with Gasteiger partial charge in [0.1, 0.15) is 5.75 Å². The number of carbonyl (C=O) groups is 1. The van der Waals surface area contributed by atoms with E-state index in [1.54, 1.807) is 12.1 Å². The Morgan fingerprint density at radius 3 is 2.67 bits per heavy atom. The highest BCUT2D eigenvalue weighted by Gasteiger charge is 2.35. The molecule has 0 unspecified atom stereocenters. The molecule has 0 aliphatic carbocycles. The van der Waals surface area contributed by atoms with Crippen LogP contribution in [0.3, 0.4) is 0 Å². The van der Waals surface area contributed by atoms with Crippen LogP contribution in [0, 0.1) is 0 Å². The average Bonchev–Trinajstić information content (AvgIpc) is 2.94. The molecule has 1 N–H and O–H groups in total. The predicted octanol–water partition coefficient (Wildman–Crippen LogP) is 4.66. The first-order valence-corrected chi connectivity index (χ1v) is 8.11. The predicted molar refractivity (Wildman–Crippen MR) is 84.7 cm³/mol. The van der Waals surface area contributed by atoms with Crippen molar-refractivity contribution in [3.05, 3.63) is 33.3 Å². The van der Waals surface area contributed by atoms with Gasteiger partial charge in [-0.05, 0) is 24.6 Å². The molecule has 0 bridgehead atoms. The van der Waals surface area contributed by atoms with Crippen LogP contribution in [0.5, 0.6) is 5.75 Å². The first-order valence-electron chi connectivity index (χ1n) is 6.54. The Bertz CT molecular complexity index is 725. The quantitative estimate of drug-likeness (QED) is 0.717. The molecule has 5 nitrogen and oxygen atoms in total. The van der Waals surface area contributed by atoms with Crippen LogP contribution in [0.25, 0.3) is 0 Å². The molecule has 0 atom stereocenters. The van der Waals surface area contributed by atoms with Crippen LogP contribution in [-0.4, -0.2) is 22.7 Å². The summed E-state index contributed by atoms with van der Waals surface area (Å²) in [7, 11) is 0. The Morgan fingerprint density at radius 1 is 1.29 bits per heavy atom. The number of nitrogens with zero attached hydrogens (tertiary/aromatic N) is 2.